The van der Waals surface area contributed by atoms with Gasteiger partial charge >= 0.3 is 5.90 Å². The second-order valence-electron chi connectivity index (χ2n) is 0.804. The third kappa shape index (κ3) is 1.40. The largest absolute Gasteiger partial charge is 0.610 e. The monoisotopic (exact) mass is 90.0 g/mol. The first-order chi connectivity index (χ1) is 2.64. The van der Waals surface area contributed by atoms with E-state index in [1.54, 1.807) is 0 Å². The van der Waals surface area contributed by atoms with Crippen LogP contribution in [0.3, 0.4) is 0 Å². The quantitative estimate of drug-likeness (QED) is 0.196. The smallest absolute Gasteiger partial charge is 0.354 e. The van der Waals surface area contributed by atoms with Crippen LogP contribution in [0.4, 0.5) is 0 Å². The average Bonchev–Trinajstić information content (AvgIpc) is 1.36. The van der Waals surface area contributed by atoms with Gasteiger partial charge in [0, 0.05) is 0 Å². The molecule has 6 heavy (non-hydrogen) atoms. The lowest BCUT2D eigenvalue weighted by Crippen LogP contribution is -2.02. The Bertz CT molecular complexity index is 58.9. The fourth-order valence-corrected chi connectivity index (χ4v) is 0. The summed E-state index contributed by atoms with van der Waals surface area (Å²) < 4.78 is 0. The van der Waals surface area contributed by atoms with Crippen molar-refractivity contribution >= 4 is 5.90 Å². The minimum Gasteiger partial charge on any atom is -0.610 e. The lowest BCUT2D eigenvalue weighted by atomic mass is 10.8. The molecule has 0 unspecified atom stereocenters. The molecule has 0 saturated heterocycles. The molecule has 0 aromatic rings. The van der Waals surface area contributed by atoms with Gasteiger partial charge in [-0.2, -0.15) is 0 Å². The Kier molecular flexibility index (Phi) is 1.26. The van der Waals surface area contributed by atoms with E-state index in [0.717, 1.165) is 6.92 Å². The van der Waals surface area contributed by atoms with Crippen LogP contribution in [0.2, 0.25) is 0 Å². The number of hydrogen-bond acceptors (Lipinski definition) is 2. The van der Waals surface area contributed by atoms with Gasteiger partial charge in [0.15, 0.2) is 0 Å². The summed E-state index contributed by atoms with van der Waals surface area (Å²) >= 11 is 0. The molecule has 0 fully saturated rings. The Balaban J connectivity index is 3.68. The summed E-state index contributed by atoms with van der Waals surface area (Å²) in [7, 11) is 0. The topological polar surface area (TPSA) is 69.4 Å². The highest BCUT2D eigenvalue weighted by Crippen LogP contribution is 1.63. The van der Waals surface area contributed by atoms with Gasteiger partial charge in [-0.3, -0.25) is 0 Å². The van der Waals surface area contributed by atoms with Gasteiger partial charge in [-0.1, -0.05) is 0 Å². The first-order valence-electron chi connectivity index (χ1n) is 1.31. The van der Waals surface area contributed by atoms with Crippen molar-refractivity contribution in [3.8, 4) is 0 Å². The van der Waals surface area contributed by atoms with Crippen molar-refractivity contribution in [2.75, 3.05) is 0 Å². The fourth-order valence-electron chi connectivity index (χ4n) is 0. The van der Waals surface area contributed by atoms with Crippen molar-refractivity contribution in [1.29, 1.82) is 0 Å². The van der Waals surface area contributed by atoms with Gasteiger partial charge in [0.1, 0.15) is 0 Å². The molecule has 36 valence electrons. The zero-order valence-electron chi connectivity index (χ0n) is 3.21. The highest BCUT2D eigenvalue weighted by atomic mass is 16.8. The minimum absolute atomic E-state index is 0.769. The van der Waals surface area contributed by atoms with Crippen LogP contribution in [0.25, 0.3) is 0 Å². The van der Waals surface area contributed by atoms with Crippen molar-refractivity contribution < 1.29 is 10.0 Å². The zero-order valence-corrected chi connectivity index (χ0v) is 3.21. The summed E-state index contributed by atoms with van der Waals surface area (Å²) in [5, 5.41) is 26.3. The summed E-state index contributed by atoms with van der Waals surface area (Å²) in [6.45, 7) is 1.01. The van der Waals surface area contributed by atoms with Crippen molar-refractivity contribution in [3.63, 3.8) is 0 Å². The van der Waals surface area contributed by atoms with Crippen molar-refractivity contribution in [2.45, 2.75) is 6.92 Å². The molecule has 0 aliphatic heterocycles. The van der Waals surface area contributed by atoms with Gasteiger partial charge in [-0.05, 0) is 0 Å². The lowest BCUT2D eigenvalue weighted by Gasteiger charge is -2.00. The number of aliphatic hydroxyl groups is 1. The van der Waals surface area contributed by atoms with Crippen LogP contribution in [0.15, 0.2) is 0 Å². The Morgan fingerprint density at radius 1 is 1.67 bits per heavy atom. The standard InChI is InChI=1S/C2H4NO3/c1-2(4)3(5)6/h1H3,(H-,4,5,6)/q-1. The SMILES string of the molecule is CC(O)=[N+]([O-])[O-]. The molecular weight excluding hydrogens is 86.0 g/mol. The molecule has 0 aliphatic rings. The summed E-state index contributed by atoms with van der Waals surface area (Å²) in [5.74, 6) is -0.769. The van der Waals surface area contributed by atoms with Crippen LogP contribution in [0, 0.1) is 10.4 Å². The summed E-state index contributed by atoms with van der Waals surface area (Å²) in [6.07, 6.45) is 0. The maximum Gasteiger partial charge on any atom is 0.354 e. The molecule has 4 nitrogen and oxygen atoms in total. The Morgan fingerprint density at radius 3 is 1.83 bits per heavy atom. The minimum atomic E-state index is -0.861. The second kappa shape index (κ2) is 1.49. The Morgan fingerprint density at radius 2 is 1.83 bits per heavy atom. The molecule has 0 radical (unpaired) electrons. The van der Waals surface area contributed by atoms with E-state index in [9.17, 15) is 10.4 Å². The number of nitrogens with zero attached hydrogens (tertiary/aromatic N) is 1. The van der Waals surface area contributed by atoms with E-state index in [4.69, 9.17) is 5.11 Å². The predicted molar refractivity (Wildman–Crippen MR) is 20.3 cm³/mol. The van der Waals surface area contributed by atoms with Gasteiger partial charge in [0.25, 0.3) is 0 Å². The molecule has 0 rings (SSSR count). The Hall–Kier alpha value is -0.930. The van der Waals surface area contributed by atoms with Crippen LogP contribution in [0.5, 0.6) is 0 Å². The molecule has 0 saturated carbocycles. The molecule has 0 bridgehead atoms. The molecule has 0 atom stereocenters. The van der Waals surface area contributed by atoms with Crippen molar-refractivity contribution in [1.82, 2.24) is 0 Å². The van der Waals surface area contributed by atoms with E-state index in [1.807, 2.05) is 0 Å². The van der Waals surface area contributed by atoms with Gasteiger partial charge in [0.05, 0.1) is 6.92 Å². The van der Waals surface area contributed by atoms with Crippen LogP contribution < -0.4 is 0 Å². The van der Waals surface area contributed by atoms with E-state index in [0.29, 0.717) is 0 Å². The molecule has 4 heteroatoms. The van der Waals surface area contributed by atoms with E-state index >= 15 is 0 Å². The average molecular weight is 90.1 g/mol. The van der Waals surface area contributed by atoms with Gasteiger partial charge < -0.3 is 15.5 Å². The van der Waals surface area contributed by atoms with Gasteiger partial charge in [-0.25, -0.2) is 0 Å². The normalized spacial score (nSPS) is 7.50. The molecule has 0 amide bonds. The molecule has 0 heterocycles. The highest BCUT2D eigenvalue weighted by molar-refractivity contribution is 5.64. The molecule has 1 N–H and O–H groups in total. The molecular formula is C2H4NO3-. The van der Waals surface area contributed by atoms with E-state index in [2.05, 4.69) is 0 Å². The number of rotatable bonds is 0. The third-order valence-electron chi connectivity index (χ3n) is 0.264. The maximum atomic E-state index is 9.22. The van der Waals surface area contributed by atoms with Gasteiger partial charge in [0.2, 0.25) is 0 Å². The Labute approximate surface area is 34.5 Å². The van der Waals surface area contributed by atoms with Crippen LogP contribution in [-0.2, 0) is 0 Å². The molecule has 0 aromatic heterocycles. The summed E-state index contributed by atoms with van der Waals surface area (Å²) in [6, 6.07) is 0. The predicted octanol–water partition coefficient (Wildman–Crippen LogP) is -0.0291. The first kappa shape index (κ1) is 5.07. The first-order valence-corrected chi connectivity index (χ1v) is 1.31. The molecule has 0 spiro atoms. The molecule has 0 aliphatic carbocycles. The van der Waals surface area contributed by atoms with Crippen molar-refractivity contribution in [3.05, 3.63) is 10.4 Å². The van der Waals surface area contributed by atoms with E-state index in [1.165, 1.54) is 0 Å². The van der Waals surface area contributed by atoms with Crippen LogP contribution >= 0.6 is 0 Å². The second-order valence-corrected chi connectivity index (χ2v) is 0.804. The lowest BCUT2D eigenvalue weighted by molar-refractivity contribution is -0.390. The van der Waals surface area contributed by atoms with E-state index in [-0.39, 0.29) is 0 Å². The number of aliphatic hydroxyl groups excluding tert-OH is 1. The number of hydrogen-bond donors (Lipinski definition) is 1. The summed E-state index contributed by atoms with van der Waals surface area (Å²) in [5.41, 5.74) is 0. The van der Waals surface area contributed by atoms with Gasteiger partial charge in [-0.15, -0.1) is 4.90 Å². The van der Waals surface area contributed by atoms with Crippen LogP contribution in [-0.4, -0.2) is 15.9 Å². The fraction of sp³-hybridized carbons (Fsp3) is 0.500. The highest BCUT2D eigenvalue weighted by Gasteiger charge is 1.81. The third-order valence-corrected chi connectivity index (χ3v) is 0.264. The molecule has 0 aromatic carbocycles. The van der Waals surface area contributed by atoms with Crippen LogP contribution in [0.1, 0.15) is 6.92 Å². The summed E-state index contributed by atoms with van der Waals surface area (Å²) in [4.78, 5) is -0.861. The van der Waals surface area contributed by atoms with E-state index < -0.39 is 10.8 Å². The zero-order chi connectivity index (χ0) is 5.15. The maximum absolute atomic E-state index is 9.22. The van der Waals surface area contributed by atoms with Crippen molar-refractivity contribution in [2.24, 2.45) is 0 Å².